The van der Waals surface area contributed by atoms with E-state index in [0.29, 0.717) is 17.9 Å². The minimum Gasteiger partial charge on any atom is -0.423 e. The van der Waals surface area contributed by atoms with Gasteiger partial charge in [-0.1, -0.05) is 49.9 Å². The molecule has 0 atom stereocenters. The Bertz CT molecular complexity index is 1700. The molecule has 2 fully saturated rings. The number of halogens is 1. The topological polar surface area (TPSA) is 202 Å². The molecule has 0 aliphatic heterocycles. The second-order valence-corrected chi connectivity index (χ2v) is 12.4. The molecule has 0 radical (unpaired) electrons. The van der Waals surface area contributed by atoms with Gasteiger partial charge in [-0.2, -0.15) is 0 Å². The van der Waals surface area contributed by atoms with Crippen molar-refractivity contribution in [3.05, 3.63) is 97.3 Å². The largest absolute Gasteiger partial charge is 0.488 e. The Hall–Kier alpha value is -4.54. The van der Waals surface area contributed by atoms with Crippen molar-refractivity contribution in [2.24, 2.45) is 0 Å². The molecular weight excluding hydrogens is 683 g/mol. The SMILES string of the molecule is Cc1ncc(-c2cccc([N+](=O)[O-])c2)c(NC2CCCC2)n1.Cc1ncc(Br)c(NC2CCCC2)n1.O=[N+]([O-])c1cccc(B(O)O)c1. The maximum atomic E-state index is 11.0. The molecule has 2 saturated carbocycles. The number of non-ortho nitro benzene ring substituents is 2. The second kappa shape index (κ2) is 17.6. The molecular formula is C32H38BBrN8O6. The van der Waals surface area contributed by atoms with Gasteiger partial charge in [0.25, 0.3) is 11.4 Å². The number of aromatic nitrogens is 4. The molecule has 2 aromatic heterocycles. The number of nitrogens with zero attached hydrogens (tertiary/aromatic N) is 6. The van der Waals surface area contributed by atoms with Crippen molar-refractivity contribution in [1.29, 1.82) is 0 Å². The van der Waals surface area contributed by atoms with Crippen LogP contribution in [-0.2, 0) is 0 Å². The molecule has 0 unspecified atom stereocenters. The number of nitrogens with one attached hydrogen (secondary N) is 2. The minimum absolute atomic E-state index is 0.0740. The van der Waals surface area contributed by atoms with Crippen LogP contribution in [0.4, 0.5) is 23.0 Å². The van der Waals surface area contributed by atoms with Gasteiger partial charge < -0.3 is 20.7 Å². The Kier molecular flexibility index (Phi) is 13.3. The lowest BCUT2D eigenvalue weighted by atomic mass is 9.80. The van der Waals surface area contributed by atoms with Crippen LogP contribution in [0.1, 0.15) is 63.0 Å². The number of hydrogen-bond donors (Lipinski definition) is 4. The van der Waals surface area contributed by atoms with Gasteiger partial charge in [0.05, 0.1) is 14.3 Å². The third-order valence-corrected chi connectivity index (χ3v) is 8.49. The molecule has 2 aliphatic rings. The van der Waals surface area contributed by atoms with E-state index in [1.54, 1.807) is 24.5 Å². The van der Waals surface area contributed by atoms with Crippen molar-refractivity contribution >= 4 is 51.5 Å². The number of anilines is 2. The van der Waals surface area contributed by atoms with E-state index in [1.165, 1.54) is 62.8 Å². The van der Waals surface area contributed by atoms with Gasteiger partial charge in [-0.25, -0.2) is 19.9 Å². The maximum Gasteiger partial charge on any atom is 0.488 e. The van der Waals surface area contributed by atoms with Gasteiger partial charge in [-0.3, -0.25) is 20.2 Å². The van der Waals surface area contributed by atoms with Crippen molar-refractivity contribution in [2.45, 2.75) is 77.3 Å². The number of benzene rings is 2. The lowest BCUT2D eigenvalue weighted by Gasteiger charge is -2.16. The van der Waals surface area contributed by atoms with Crippen LogP contribution in [0.5, 0.6) is 0 Å². The Morgan fingerprint density at radius 1 is 0.771 bits per heavy atom. The van der Waals surface area contributed by atoms with E-state index in [4.69, 9.17) is 10.0 Å². The van der Waals surface area contributed by atoms with Crippen LogP contribution in [0, 0.1) is 34.1 Å². The van der Waals surface area contributed by atoms with E-state index in [-0.39, 0.29) is 21.8 Å². The van der Waals surface area contributed by atoms with Gasteiger partial charge in [-0.05, 0) is 66.5 Å². The highest BCUT2D eigenvalue weighted by atomic mass is 79.9. The quantitative estimate of drug-likeness (QED) is 0.0956. The van der Waals surface area contributed by atoms with Gasteiger partial charge in [0.2, 0.25) is 0 Å². The van der Waals surface area contributed by atoms with E-state index in [0.717, 1.165) is 52.0 Å². The molecule has 0 saturated heterocycles. The van der Waals surface area contributed by atoms with E-state index in [1.807, 2.05) is 19.9 Å². The number of nitro groups is 2. The maximum absolute atomic E-state index is 11.0. The number of rotatable bonds is 8. The van der Waals surface area contributed by atoms with E-state index < -0.39 is 12.0 Å². The fraction of sp³-hybridized carbons (Fsp3) is 0.375. The molecule has 2 aliphatic carbocycles. The number of hydrogen-bond acceptors (Lipinski definition) is 12. The van der Waals surface area contributed by atoms with Gasteiger partial charge in [-0.15, -0.1) is 0 Å². The summed E-state index contributed by atoms with van der Waals surface area (Å²) in [6, 6.07) is 12.8. The molecule has 4 aromatic rings. The summed E-state index contributed by atoms with van der Waals surface area (Å²) in [5.74, 6) is 3.20. The first kappa shape index (κ1) is 36.3. The van der Waals surface area contributed by atoms with Crippen molar-refractivity contribution in [3.63, 3.8) is 0 Å². The zero-order valence-electron chi connectivity index (χ0n) is 26.8. The first-order chi connectivity index (χ1) is 23.0. The molecule has 6 rings (SSSR count). The fourth-order valence-corrected chi connectivity index (χ4v) is 5.77. The van der Waals surface area contributed by atoms with Crippen molar-refractivity contribution in [2.75, 3.05) is 10.6 Å². The van der Waals surface area contributed by atoms with Crippen LogP contribution in [0.3, 0.4) is 0 Å². The summed E-state index contributed by atoms with van der Waals surface area (Å²) in [6.45, 7) is 3.75. The smallest absolute Gasteiger partial charge is 0.423 e. The third kappa shape index (κ3) is 10.8. The summed E-state index contributed by atoms with van der Waals surface area (Å²) in [4.78, 5) is 37.4. The molecule has 0 spiro atoms. The Balaban J connectivity index is 0.000000173. The van der Waals surface area contributed by atoms with Crippen LogP contribution in [0.2, 0.25) is 0 Å². The van der Waals surface area contributed by atoms with Crippen LogP contribution >= 0.6 is 15.9 Å². The predicted molar refractivity (Wildman–Crippen MR) is 188 cm³/mol. The molecule has 0 bridgehead atoms. The van der Waals surface area contributed by atoms with Crippen molar-refractivity contribution < 1.29 is 19.9 Å². The average molecular weight is 721 g/mol. The third-order valence-electron chi connectivity index (χ3n) is 7.91. The fourth-order valence-electron chi connectivity index (χ4n) is 5.46. The van der Waals surface area contributed by atoms with Crippen LogP contribution in [0.15, 0.2) is 65.4 Å². The Labute approximate surface area is 287 Å². The van der Waals surface area contributed by atoms with Crippen molar-refractivity contribution in [1.82, 2.24) is 19.9 Å². The summed E-state index contributed by atoms with van der Waals surface area (Å²) in [6.07, 6.45) is 13.5. The Morgan fingerprint density at radius 2 is 1.27 bits per heavy atom. The number of aryl methyl sites for hydroxylation is 2. The summed E-state index contributed by atoms with van der Waals surface area (Å²) in [7, 11) is -1.66. The first-order valence-electron chi connectivity index (χ1n) is 15.7. The highest BCUT2D eigenvalue weighted by Crippen LogP contribution is 2.31. The normalized spacial score (nSPS) is 14.3. The minimum atomic E-state index is -1.66. The van der Waals surface area contributed by atoms with Gasteiger partial charge in [0.1, 0.15) is 23.3 Å². The summed E-state index contributed by atoms with van der Waals surface area (Å²) in [5, 5.41) is 45.4. The molecule has 252 valence electrons. The first-order valence-corrected chi connectivity index (χ1v) is 16.5. The highest BCUT2D eigenvalue weighted by Gasteiger charge is 2.19. The zero-order chi connectivity index (χ0) is 34.6. The van der Waals surface area contributed by atoms with Crippen LogP contribution < -0.4 is 16.1 Å². The zero-order valence-corrected chi connectivity index (χ0v) is 28.3. The monoisotopic (exact) mass is 720 g/mol. The predicted octanol–water partition coefficient (Wildman–Crippen LogP) is 5.89. The molecule has 0 amide bonds. The van der Waals surface area contributed by atoms with Crippen LogP contribution in [-0.4, -0.2) is 59.0 Å². The summed E-state index contributed by atoms with van der Waals surface area (Å²) in [5.41, 5.74) is 1.60. The van der Waals surface area contributed by atoms with E-state index >= 15 is 0 Å². The molecule has 2 aromatic carbocycles. The molecule has 48 heavy (non-hydrogen) atoms. The lowest BCUT2D eigenvalue weighted by molar-refractivity contribution is -0.385. The molecule has 2 heterocycles. The average Bonchev–Trinajstić information content (AvgIpc) is 3.79. The van der Waals surface area contributed by atoms with Crippen LogP contribution in [0.25, 0.3) is 11.1 Å². The van der Waals surface area contributed by atoms with Crippen molar-refractivity contribution in [3.8, 4) is 11.1 Å². The summed E-state index contributed by atoms with van der Waals surface area (Å²) < 4.78 is 0.954. The van der Waals surface area contributed by atoms with E-state index in [2.05, 4.69) is 46.5 Å². The van der Waals surface area contributed by atoms with Gasteiger partial charge in [0, 0.05) is 54.3 Å². The molecule has 14 nitrogen and oxygen atoms in total. The molecule has 16 heteroatoms. The summed E-state index contributed by atoms with van der Waals surface area (Å²) >= 11 is 3.45. The highest BCUT2D eigenvalue weighted by molar-refractivity contribution is 9.10. The van der Waals surface area contributed by atoms with Gasteiger partial charge >= 0.3 is 7.12 Å². The standard InChI is InChI=1S/C16H18N4O2.C10H14BrN3.C6H6BNO4/c1-11-17-10-15(12-5-4-8-14(9-12)20(21)22)16(18-11)19-13-6-2-3-7-13;1-7-12-6-9(11)10(13-7)14-8-4-2-3-5-8;9-7(10)5-2-1-3-6(4-5)8(11)12/h4-5,8-10,13H,2-3,6-7H2,1H3,(H,17,18,19);6,8H,2-5H2,1H3,(H,12,13,14);1-4,9-10H. The Morgan fingerprint density at radius 3 is 1.83 bits per heavy atom. The second-order valence-electron chi connectivity index (χ2n) is 11.6. The number of nitro benzene ring substituents is 2. The van der Waals surface area contributed by atoms with Gasteiger partial charge in [0.15, 0.2) is 0 Å². The van der Waals surface area contributed by atoms with E-state index in [9.17, 15) is 20.2 Å². The lowest BCUT2D eigenvalue weighted by Crippen LogP contribution is -2.29. The molecule has 4 N–H and O–H groups in total.